The highest BCUT2D eigenvalue weighted by Gasteiger charge is 2.54. The van der Waals surface area contributed by atoms with E-state index in [1.165, 1.54) is 0 Å². The van der Waals surface area contributed by atoms with E-state index in [4.69, 9.17) is 0 Å². The highest BCUT2D eigenvalue weighted by molar-refractivity contribution is 5.94. The molecule has 0 radical (unpaired) electrons. The summed E-state index contributed by atoms with van der Waals surface area (Å²) in [5, 5.41) is 0. The van der Waals surface area contributed by atoms with Crippen molar-refractivity contribution < 1.29 is 9.59 Å². The molecule has 0 N–H and O–H groups in total. The normalized spacial score (nSPS) is 32.4. The Labute approximate surface area is 83.9 Å². The maximum atomic E-state index is 11.8. The van der Waals surface area contributed by atoms with E-state index in [1.807, 2.05) is 11.8 Å². The molecule has 1 atom stereocenters. The van der Waals surface area contributed by atoms with Crippen LogP contribution in [0.1, 0.15) is 19.8 Å². The smallest absolute Gasteiger partial charge is 0.231 e. The summed E-state index contributed by atoms with van der Waals surface area (Å²) < 4.78 is 0. The summed E-state index contributed by atoms with van der Waals surface area (Å²) >= 11 is 0. The molecule has 0 aromatic heterocycles. The first-order chi connectivity index (χ1) is 6.59. The average molecular weight is 196 g/mol. The second-order valence-corrected chi connectivity index (χ2v) is 4.34. The number of piperidine rings is 1. The summed E-state index contributed by atoms with van der Waals surface area (Å²) in [6.45, 7) is 4.25. The van der Waals surface area contributed by atoms with Gasteiger partial charge in [-0.25, -0.2) is 0 Å². The van der Waals surface area contributed by atoms with Gasteiger partial charge in [0.25, 0.3) is 0 Å². The van der Waals surface area contributed by atoms with E-state index in [-0.39, 0.29) is 17.2 Å². The van der Waals surface area contributed by atoms with Crippen LogP contribution in [0.2, 0.25) is 0 Å². The van der Waals surface area contributed by atoms with Crippen molar-refractivity contribution in [3.8, 4) is 0 Å². The van der Waals surface area contributed by atoms with Gasteiger partial charge in [0.15, 0.2) is 0 Å². The first-order valence-corrected chi connectivity index (χ1v) is 5.12. The predicted molar refractivity (Wildman–Crippen MR) is 51.6 cm³/mol. The van der Waals surface area contributed by atoms with E-state index < -0.39 is 0 Å². The summed E-state index contributed by atoms with van der Waals surface area (Å²) in [7, 11) is 1.80. The molecule has 0 aromatic carbocycles. The fourth-order valence-corrected chi connectivity index (χ4v) is 2.34. The number of likely N-dealkylation sites (tertiary alicyclic amines) is 2. The van der Waals surface area contributed by atoms with Gasteiger partial charge in [-0.2, -0.15) is 0 Å². The van der Waals surface area contributed by atoms with Crippen molar-refractivity contribution in [2.75, 3.05) is 26.7 Å². The number of β-lactam (4-membered cyclic amide) rings is 1. The second-order valence-electron chi connectivity index (χ2n) is 4.34. The molecule has 2 heterocycles. The van der Waals surface area contributed by atoms with Gasteiger partial charge in [-0.3, -0.25) is 9.59 Å². The Morgan fingerprint density at radius 3 is 2.64 bits per heavy atom. The van der Waals surface area contributed by atoms with Gasteiger partial charge in [0.2, 0.25) is 11.8 Å². The first kappa shape index (κ1) is 9.49. The maximum absolute atomic E-state index is 11.8. The molecule has 78 valence electrons. The molecule has 0 aromatic rings. The van der Waals surface area contributed by atoms with Crippen molar-refractivity contribution in [1.29, 1.82) is 0 Å². The first-order valence-electron chi connectivity index (χ1n) is 5.12. The quantitative estimate of drug-likeness (QED) is 0.557. The lowest BCUT2D eigenvalue weighted by molar-refractivity contribution is -0.169. The van der Waals surface area contributed by atoms with Crippen LogP contribution in [0.15, 0.2) is 0 Å². The van der Waals surface area contributed by atoms with Gasteiger partial charge in [-0.1, -0.05) is 0 Å². The van der Waals surface area contributed by atoms with E-state index in [1.54, 1.807) is 11.9 Å². The van der Waals surface area contributed by atoms with Crippen molar-refractivity contribution in [3.63, 3.8) is 0 Å². The van der Waals surface area contributed by atoms with E-state index in [0.717, 1.165) is 26.1 Å². The lowest BCUT2D eigenvalue weighted by Gasteiger charge is -2.51. The summed E-state index contributed by atoms with van der Waals surface area (Å²) in [5.41, 5.74) is -0.320. The van der Waals surface area contributed by atoms with Crippen LogP contribution in [0.4, 0.5) is 0 Å². The molecular weight excluding hydrogens is 180 g/mol. The van der Waals surface area contributed by atoms with Crippen LogP contribution in [-0.2, 0) is 9.59 Å². The molecule has 2 fully saturated rings. The zero-order valence-corrected chi connectivity index (χ0v) is 8.75. The molecular formula is C10H16N2O2. The van der Waals surface area contributed by atoms with Crippen molar-refractivity contribution in [1.82, 2.24) is 9.80 Å². The molecule has 2 aliphatic rings. The Kier molecular flexibility index (Phi) is 2.01. The number of carbonyl (C=O) groups excluding carboxylic acids is 2. The molecule has 0 bridgehead atoms. The van der Waals surface area contributed by atoms with Gasteiger partial charge in [-0.15, -0.1) is 0 Å². The molecule has 1 unspecified atom stereocenters. The summed E-state index contributed by atoms with van der Waals surface area (Å²) in [5.74, 6) is 0.293. The maximum Gasteiger partial charge on any atom is 0.231 e. The minimum Gasteiger partial charge on any atom is -0.346 e. The van der Waals surface area contributed by atoms with E-state index in [0.29, 0.717) is 6.42 Å². The number of carbonyl (C=O) groups is 2. The number of nitrogens with zero attached hydrogens (tertiary/aromatic N) is 2. The molecule has 2 rings (SSSR count). The Morgan fingerprint density at radius 1 is 1.43 bits per heavy atom. The molecule has 1 spiro atoms. The molecule has 4 heteroatoms. The largest absolute Gasteiger partial charge is 0.346 e. The van der Waals surface area contributed by atoms with Crippen LogP contribution in [0, 0.1) is 5.41 Å². The van der Waals surface area contributed by atoms with Gasteiger partial charge in [0.05, 0.1) is 5.41 Å². The van der Waals surface area contributed by atoms with Crippen molar-refractivity contribution in [3.05, 3.63) is 0 Å². The zero-order valence-electron chi connectivity index (χ0n) is 8.75. The van der Waals surface area contributed by atoms with Crippen molar-refractivity contribution >= 4 is 11.8 Å². The third-order valence-corrected chi connectivity index (χ3v) is 3.46. The molecule has 4 nitrogen and oxygen atoms in total. The van der Waals surface area contributed by atoms with E-state index >= 15 is 0 Å². The van der Waals surface area contributed by atoms with Crippen LogP contribution in [0.3, 0.4) is 0 Å². The number of rotatable bonds is 1. The molecule has 0 saturated carbocycles. The Hall–Kier alpha value is -1.06. The lowest BCUT2D eigenvalue weighted by atomic mass is 9.71. The standard InChI is InChI=1S/C10H16N2O2/c1-3-12-7-10(9(12)14)4-5-11(2)8(13)6-10/h3-7H2,1-2H3. The summed E-state index contributed by atoms with van der Waals surface area (Å²) in [6.07, 6.45) is 1.25. The van der Waals surface area contributed by atoms with Crippen LogP contribution >= 0.6 is 0 Å². The highest BCUT2D eigenvalue weighted by Crippen LogP contribution is 2.41. The van der Waals surface area contributed by atoms with Gasteiger partial charge >= 0.3 is 0 Å². The van der Waals surface area contributed by atoms with Crippen LogP contribution in [0.25, 0.3) is 0 Å². The minimum atomic E-state index is -0.320. The monoisotopic (exact) mass is 196 g/mol. The molecule has 14 heavy (non-hydrogen) atoms. The second kappa shape index (κ2) is 2.97. The van der Waals surface area contributed by atoms with E-state index in [9.17, 15) is 9.59 Å². The Morgan fingerprint density at radius 2 is 2.14 bits per heavy atom. The van der Waals surface area contributed by atoms with Crippen LogP contribution < -0.4 is 0 Å². The fraction of sp³-hybridized carbons (Fsp3) is 0.800. The molecule has 2 saturated heterocycles. The van der Waals surface area contributed by atoms with Crippen LogP contribution in [0.5, 0.6) is 0 Å². The van der Waals surface area contributed by atoms with Gasteiger partial charge in [-0.05, 0) is 13.3 Å². The highest BCUT2D eigenvalue weighted by atomic mass is 16.2. The molecule has 2 aliphatic heterocycles. The molecule has 0 aliphatic carbocycles. The summed E-state index contributed by atoms with van der Waals surface area (Å²) in [6, 6.07) is 0. The minimum absolute atomic E-state index is 0.111. The Balaban J connectivity index is 2.07. The van der Waals surface area contributed by atoms with Gasteiger partial charge in [0, 0.05) is 33.1 Å². The predicted octanol–water partition coefficient (Wildman–Crippen LogP) is 0.0871. The van der Waals surface area contributed by atoms with Gasteiger partial charge in [0.1, 0.15) is 0 Å². The number of hydrogen-bond donors (Lipinski definition) is 0. The summed E-state index contributed by atoms with van der Waals surface area (Å²) in [4.78, 5) is 26.8. The average Bonchev–Trinajstić information content (AvgIpc) is 2.19. The Bertz CT molecular complexity index is 286. The number of amides is 2. The topological polar surface area (TPSA) is 40.6 Å². The van der Waals surface area contributed by atoms with E-state index in [2.05, 4.69) is 0 Å². The third-order valence-electron chi connectivity index (χ3n) is 3.46. The number of hydrogen-bond acceptors (Lipinski definition) is 2. The zero-order chi connectivity index (χ0) is 10.3. The lowest BCUT2D eigenvalue weighted by Crippen LogP contribution is -2.65. The fourth-order valence-electron chi connectivity index (χ4n) is 2.34. The van der Waals surface area contributed by atoms with Crippen molar-refractivity contribution in [2.45, 2.75) is 19.8 Å². The third kappa shape index (κ3) is 1.13. The van der Waals surface area contributed by atoms with Crippen LogP contribution in [-0.4, -0.2) is 48.3 Å². The van der Waals surface area contributed by atoms with Gasteiger partial charge < -0.3 is 9.80 Å². The SMILES string of the molecule is CCN1CC2(CCN(C)C(=O)C2)C1=O. The molecule has 2 amide bonds. The van der Waals surface area contributed by atoms with Crippen molar-refractivity contribution in [2.24, 2.45) is 5.41 Å².